The molecule has 0 saturated carbocycles. The number of nitrogens with zero attached hydrogens (tertiary/aromatic N) is 2. The van der Waals surface area contributed by atoms with Crippen LogP contribution < -0.4 is 16.4 Å². The fourth-order valence-corrected chi connectivity index (χ4v) is 4.57. The molecule has 2 aliphatic rings. The quantitative estimate of drug-likeness (QED) is 0.182. The van der Waals surface area contributed by atoms with Crippen molar-refractivity contribution >= 4 is 35.4 Å². The normalized spacial score (nSPS) is 16.6. The Morgan fingerprint density at radius 1 is 1.02 bits per heavy atom. The Hall–Kier alpha value is -3.59. The van der Waals surface area contributed by atoms with Crippen LogP contribution in [0.2, 0.25) is 0 Å². The number of carbonyl (C=O) groups excluding carboxylic acids is 5. The number of ether oxygens (including phenoxy) is 4. The van der Waals surface area contributed by atoms with E-state index in [1.807, 2.05) is 0 Å². The first-order valence-electron chi connectivity index (χ1n) is 14.5. The van der Waals surface area contributed by atoms with E-state index in [1.165, 1.54) is 9.80 Å². The molecule has 3 rings (SSSR count). The van der Waals surface area contributed by atoms with Gasteiger partial charge in [0.25, 0.3) is 5.91 Å². The van der Waals surface area contributed by atoms with Gasteiger partial charge in [0.05, 0.1) is 39.6 Å². The highest BCUT2D eigenvalue weighted by atomic mass is 16.6. The molecule has 1 saturated heterocycles. The number of piperidine rings is 1. The number of benzene rings is 1. The maximum Gasteiger partial charge on any atom is 0.410 e. The van der Waals surface area contributed by atoms with Crippen molar-refractivity contribution in [1.82, 2.24) is 15.1 Å². The van der Waals surface area contributed by atoms with Crippen molar-refractivity contribution in [2.75, 3.05) is 64.6 Å². The van der Waals surface area contributed by atoms with Crippen LogP contribution in [0.1, 0.15) is 56.0 Å². The van der Waals surface area contributed by atoms with Crippen LogP contribution in [0.15, 0.2) is 18.2 Å². The summed E-state index contributed by atoms with van der Waals surface area (Å²) in [6.45, 7) is 8.42. The van der Waals surface area contributed by atoms with Gasteiger partial charge < -0.3 is 39.8 Å². The monoisotopic (exact) mass is 605 g/mol. The summed E-state index contributed by atoms with van der Waals surface area (Å²) in [5.74, 6) is -1.56. The molecule has 14 heteroatoms. The van der Waals surface area contributed by atoms with Gasteiger partial charge >= 0.3 is 6.09 Å². The Bertz CT molecular complexity index is 1150. The van der Waals surface area contributed by atoms with Crippen molar-refractivity contribution in [3.05, 3.63) is 29.3 Å². The van der Waals surface area contributed by atoms with Crippen molar-refractivity contribution in [3.63, 3.8) is 0 Å². The molecular formula is C29H43N5O9. The molecule has 1 atom stereocenters. The van der Waals surface area contributed by atoms with Crippen LogP contribution in [0.4, 0.5) is 10.5 Å². The number of rotatable bonds is 16. The molecule has 5 amide bonds. The number of carbonyl (C=O) groups is 5. The Kier molecular flexibility index (Phi) is 12.9. The highest BCUT2D eigenvalue weighted by Gasteiger charge is 2.40. The first-order chi connectivity index (χ1) is 20.5. The summed E-state index contributed by atoms with van der Waals surface area (Å²) in [5, 5.41) is 5.12. The van der Waals surface area contributed by atoms with Crippen LogP contribution in [0.5, 0.6) is 0 Å². The zero-order valence-electron chi connectivity index (χ0n) is 25.1. The average molecular weight is 606 g/mol. The zero-order valence-corrected chi connectivity index (χ0v) is 25.1. The Balaban J connectivity index is 1.52. The summed E-state index contributed by atoms with van der Waals surface area (Å²) >= 11 is 0. The van der Waals surface area contributed by atoms with E-state index in [4.69, 9.17) is 24.7 Å². The molecular weight excluding hydrogens is 562 g/mol. The maximum atomic E-state index is 13.1. The van der Waals surface area contributed by atoms with Gasteiger partial charge in [-0.15, -0.1) is 0 Å². The van der Waals surface area contributed by atoms with E-state index in [2.05, 4.69) is 10.6 Å². The highest BCUT2D eigenvalue weighted by Crippen LogP contribution is 2.32. The van der Waals surface area contributed by atoms with Gasteiger partial charge in [-0.1, -0.05) is 6.07 Å². The Morgan fingerprint density at radius 2 is 1.70 bits per heavy atom. The van der Waals surface area contributed by atoms with E-state index < -0.39 is 23.6 Å². The fourth-order valence-electron chi connectivity index (χ4n) is 4.57. The lowest BCUT2D eigenvalue weighted by molar-refractivity contribution is -0.137. The minimum atomic E-state index is -0.757. The van der Waals surface area contributed by atoms with Gasteiger partial charge in [0.1, 0.15) is 11.6 Å². The second kappa shape index (κ2) is 16.3. The van der Waals surface area contributed by atoms with Gasteiger partial charge in [-0.05, 0) is 39.3 Å². The molecule has 0 bridgehead atoms. The van der Waals surface area contributed by atoms with Gasteiger partial charge in [-0.3, -0.25) is 24.5 Å². The molecule has 0 aliphatic carbocycles. The third-order valence-corrected chi connectivity index (χ3v) is 6.63. The second-order valence-corrected chi connectivity index (χ2v) is 11.1. The zero-order chi connectivity index (χ0) is 31.4. The summed E-state index contributed by atoms with van der Waals surface area (Å²) in [5.41, 5.74) is 6.07. The maximum absolute atomic E-state index is 13.1. The Labute approximate surface area is 251 Å². The smallest absolute Gasteiger partial charge is 0.410 e. The number of hydrogen-bond acceptors (Lipinski definition) is 10. The predicted octanol–water partition coefficient (Wildman–Crippen LogP) is 1.02. The largest absolute Gasteiger partial charge is 0.444 e. The lowest BCUT2D eigenvalue weighted by atomic mass is 10.0. The molecule has 238 valence electrons. The molecule has 0 radical (unpaired) electrons. The van der Waals surface area contributed by atoms with Gasteiger partial charge in [0.2, 0.25) is 17.7 Å². The summed E-state index contributed by atoms with van der Waals surface area (Å²) in [6, 6.07) is 4.22. The molecule has 43 heavy (non-hydrogen) atoms. The molecule has 14 nitrogen and oxygen atoms in total. The summed E-state index contributed by atoms with van der Waals surface area (Å²) in [7, 11) is 0. The number of fused-ring (bicyclic) bond motifs is 1. The SMILES string of the molecule is CC(C)(C)OC(=O)N(CCOCCOCCOCCN)CCC(=O)Nc1cccc2c1CN(C1CCC(=O)NC1=O)C2=O. The lowest BCUT2D eigenvalue weighted by Crippen LogP contribution is -2.52. The van der Waals surface area contributed by atoms with Crippen LogP contribution >= 0.6 is 0 Å². The first-order valence-corrected chi connectivity index (χ1v) is 14.5. The molecule has 1 unspecified atom stereocenters. The van der Waals surface area contributed by atoms with E-state index >= 15 is 0 Å². The van der Waals surface area contributed by atoms with Gasteiger partial charge in [0, 0.05) is 55.8 Å². The topological polar surface area (TPSA) is 179 Å². The second-order valence-electron chi connectivity index (χ2n) is 11.1. The minimum Gasteiger partial charge on any atom is -0.444 e. The summed E-state index contributed by atoms with van der Waals surface area (Å²) in [6.07, 6.45) is -0.200. The third-order valence-electron chi connectivity index (χ3n) is 6.63. The molecule has 4 N–H and O–H groups in total. The van der Waals surface area contributed by atoms with E-state index in [9.17, 15) is 24.0 Å². The van der Waals surface area contributed by atoms with Gasteiger partial charge in [-0.2, -0.15) is 0 Å². The van der Waals surface area contributed by atoms with E-state index in [0.29, 0.717) is 56.4 Å². The number of nitrogens with two attached hydrogens (primary N) is 1. The summed E-state index contributed by atoms with van der Waals surface area (Å²) < 4.78 is 21.7. The van der Waals surface area contributed by atoms with Crippen LogP contribution in [0.25, 0.3) is 0 Å². The van der Waals surface area contributed by atoms with Crippen molar-refractivity contribution in [2.45, 2.75) is 58.2 Å². The average Bonchev–Trinajstić information content (AvgIpc) is 3.27. The number of anilines is 1. The number of imide groups is 1. The van der Waals surface area contributed by atoms with Crippen molar-refractivity contribution in [2.24, 2.45) is 5.73 Å². The fraction of sp³-hybridized carbons (Fsp3) is 0.621. The van der Waals surface area contributed by atoms with Crippen LogP contribution in [-0.2, 0) is 39.9 Å². The molecule has 1 fully saturated rings. The van der Waals surface area contributed by atoms with E-state index in [1.54, 1.807) is 39.0 Å². The highest BCUT2D eigenvalue weighted by molar-refractivity contribution is 6.06. The summed E-state index contributed by atoms with van der Waals surface area (Å²) in [4.78, 5) is 65.6. The molecule has 0 aromatic heterocycles. The number of nitrogens with one attached hydrogen (secondary N) is 2. The molecule has 2 aliphatic heterocycles. The third kappa shape index (κ3) is 10.6. The van der Waals surface area contributed by atoms with Crippen molar-refractivity contribution in [3.8, 4) is 0 Å². The van der Waals surface area contributed by atoms with Crippen molar-refractivity contribution in [1.29, 1.82) is 0 Å². The van der Waals surface area contributed by atoms with Crippen LogP contribution in [-0.4, -0.2) is 110 Å². The van der Waals surface area contributed by atoms with E-state index in [0.717, 1.165) is 0 Å². The van der Waals surface area contributed by atoms with E-state index in [-0.39, 0.29) is 63.2 Å². The predicted molar refractivity (Wildman–Crippen MR) is 155 cm³/mol. The van der Waals surface area contributed by atoms with Crippen LogP contribution in [0, 0.1) is 0 Å². The number of amides is 5. The number of hydrogen-bond donors (Lipinski definition) is 3. The van der Waals surface area contributed by atoms with Gasteiger partial charge in [0.15, 0.2) is 0 Å². The van der Waals surface area contributed by atoms with Crippen molar-refractivity contribution < 1.29 is 42.9 Å². The molecule has 2 heterocycles. The molecule has 1 aromatic rings. The first kappa shape index (κ1) is 33.9. The minimum absolute atomic E-state index is 0.0282. The van der Waals surface area contributed by atoms with Gasteiger partial charge in [-0.25, -0.2) is 4.79 Å². The standard InChI is InChI=1S/C29H43N5O9/c1-29(2,3)43-28(39)33(12-14-41-16-18-42-17-15-40-13-10-30)11-9-25(36)31-22-6-4-5-20-21(22)19-34(27(20)38)23-7-8-24(35)32-26(23)37/h4-6,23H,7-19,30H2,1-3H3,(H,31,36)(H,32,35,37). The lowest BCUT2D eigenvalue weighted by Gasteiger charge is -2.29. The van der Waals surface area contributed by atoms with Crippen LogP contribution in [0.3, 0.4) is 0 Å². The molecule has 1 aromatic carbocycles. The molecule has 0 spiro atoms. The Morgan fingerprint density at radius 3 is 2.35 bits per heavy atom.